The summed E-state index contributed by atoms with van der Waals surface area (Å²) in [6.45, 7) is 4.39. The Morgan fingerprint density at radius 2 is 1.91 bits per heavy atom. The number of aryl methyl sites for hydroxylation is 2. The molecule has 0 atom stereocenters. The summed E-state index contributed by atoms with van der Waals surface area (Å²) in [5, 5.41) is 0. The summed E-state index contributed by atoms with van der Waals surface area (Å²) in [6.07, 6.45) is 0. The van der Waals surface area contributed by atoms with Crippen LogP contribution in [-0.4, -0.2) is 28.7 Å². The highest BCUT2D eigenvalue weighted by Crippen LogP contribution is 2.36. The van der Waals surface area contributed by atoms with E-state index in [-0.39, 0.29) is 4.90 Å². The van der Waals surface area contributed by atoms with Crippen molar-refractivity contribution in [3.63, 3.8) is 0 Å². The van der Waals surface area contributed by atoms with Crippen molar-refractivity contribution in [2.24, 2.45) is 0 Å². The maximum Gasteiger partial charge on any atom is 0.264 e. The number of benzene rings is 2. The van der Waals surface area contributed by atoms with Crippen LogP contribution in [0, 0.1) is 13.8 Å². The van der Waals surface area contributed by atoms with Crippen LogP contribution in [0.25, 0.3) is 0 Å². The summed E-state index contributed by atoms with van der Waals surface area (Å²) in [5.41, 5.74) is 2.36. The van der Waals surface area contributed by atoms with Crippen LogP contribution in [0.2, 0.25) is 0 Å². The second kappa shape index (κ2) is 5.77. The van der Waals surface area contributed by atoms with Crippen LogP contribution in [0.3, 0.4) is 0 Å². The molecule has 0 saturated carbocycles. The molecule has 1 aliphatic rings. The van der Waals surface area contributed by atoms with E-state index in [9.17, 15) is 8.42 Å². The lowest BCUT2D eigenvalue weighted by atomic mass is 10.2. The zero-order chi connectivity index (χ0) is 16.6. The molecular weight excluding hydrogens is 314 g/mol. The first-order chi connectivity index (χ1) is 10.9. The highest BCUT2D eigenvalue weighted by Gasteiger charge is 2.30. The average Bonchev–Trinajstić information content (AvgIpc) is 2.54. The van der Waals surface area contributed by atoms with Gasteiger partial charge in [0, 0.05) is 0 Å². The number of methoxy groups -OCH3 is 1. The van der Waals surface area contributed by atoms with E-state index >= 15 is 0 Å². The minimum atomic E-state index is -3.64. The normalized spacial score (nSPS) is 14.1. The molecule has 2 aromatic rings. The molecule has 1 aliphatic heterocycles. The monoisotopic (exact) mass is 333 g/mol. The molecule has 1 heterocycles. The lowest BCUT2D eigenvalue weighted by Crippen LogP contribution is -2.38. The molecule has 5 nitrogen and oxygen atoms in total. The second-order valence-electron chi connectivity index (χ2n) is 5.53. The van der Waals surface area contributed by atoms with Crippen LogP contribution in [0.1, 0.15) is 11.1 Å². The Bertz CT molecular complexity index is 846. The second-order valence-corrected chi connectivity index (χ2v) is 7.39. The van der Waals surface area contributed by atoms with E-state index in [1.807, 2.05) is 32.0 Å². The Morgan fingerprint density at radius 1 is 1.13 bits per heavy atom. The predicted molar refractivity (Wildman–Crippen MR) is 88.9 cm³/mol. The van der Waals surface area contributed by atoms with E-state index in [4.69, 9.17) is 9.47 Å². The number of hydrogen-bond donors (Lipinski definition) is 0. The van der Waals surface area contributed by atoms with Gasteiger partial charge in [-0.05, 0) is 55.3 Å². The van der Waals surface area contributed by atoms with Crippen LogP contribution >= 0.6 is 0 Å². The van der Waals surface area contributed by atoms with Crippen molar-refractivity contribution < 1.29 is 17.9 Å². The minimum Gasteiger partial charge on any atom is -0.496 e. The summed E-state index contributed by atoms with van der Waals surface area (Å²) in [4.78, 5) is 0.255. The summed E-state index contributed by atoms with van der Waals surface area (Å²) >= 11 is 0. The number of hydrogen-bond acceptors (Lipinski definition) is 4. The van der Waals surface area contributed by atoms with Crippen molar-refractivity contribution in [3.05, 3.63) is 47.5 Å². The molecule has 0 spiro atoms. The number of ether oxygens (including phenoxy) is 2. The highest BCUT2D eigenvalue weighted by atomic mass is 32.2. The molecule has 0 radical (unpaired) electrons. The van der Waals surface area contributed by atoms with Crippen molar-refractivity contribution in [2.45, 2.75) is 18.7 Å². The smallest absolute Gasteiger partial charge is 0.264 e. The molecule has 0 aromatic heterocycles. The van der Waals surface area contributed by atoms with E-state index in [2.05, 4.69) is 0 Å². The molecule has 0 amide bonds. The molecule has 122 valence electrons. The molecule has 23 heavy (non-hydrogen) atoms. The van der Waals surface area contributed by atoms with Crippen LogP contribution < -0.4 is 13.8 Å². The van der Waals surface area contributed by atoms with Gasteiger partial charge >= 0.3 is 0 Å². The van der Waals surface area contributed by atoms with Crippen molar-refractivity contribution in [2.75, 3.05) is 24.6 Å². The largest absolute Gasteiger partial charge is 0.496 e. The predicted octanol–water partition coefficient (Wildman–Crippen LogP) is 2.90. The fourth-order valence-electron chi connectivity index (χ4n) is 2.69. The third-order valence-corrected chi connectivity index (χ3v) is 5.70. The first-order valence-electron chi connectivity index (χ1n) is 7.34. The maximum absolute atomic E-state index is 13.0. The van der Waals surface area contributed by atoms with Gasteiger partial charge in [-0.3, -0.25) is 4.31 Å². The lowest BCUT2D eigenvalue weighted by Gasteiger charge is -2.30. The van der Waals surface area contributed by atoms with E-state index in [0.717, 1.165) is 11.1 Å². The van der Waals surface area contributed by atoms with Crippen LogP contribution in [0.5, 0.6) is 11.5 Å². The topological polar surface area (TPSA) is 55.8 Å². The van der Waals surface area contributed by atoms with Crippen LogP contribution in [-0.2, 0) is 10.0 Å². The molecule has 0 saturated heterocycles. The molecule has 0 unspecified atom stereocenters. The molecule has 0 aliphatic carbocycles. The van der Waals surface area contributed by atoms with Gasteiger partial charge in [0.15, 0.2) is 0 Å². The molecule has 0 fully saturated rings. The molecule has 0 N–H and O–H groups in total. The van der Waals surface area contributed by atoms with Gasteiger partial charge in [-0.1, -0.05) is 6.07 Å². The summed E-state index contributed by atoms with van der Waals surface area (Å²) < 4.78 is 38.3. The van der Waals surface area contributed by atoms with E-state index < -0.39 is 10.0 Å². The third-order valence-electron chi connectivity index (χ3n) is 3.89. The average molecular weight is 333 g/mol. The summed E-state index contributed by atoms with van der Waals surface area (Å²) in [6, 6.07) is 10.4. The van der Waals surface area contributed by atoms with Gasteiger partial charge < -0.3 is 9.47 Å². The fraction of sp³-hybridized carbons (Fsp3) is 0.294. The van der Waals surface area contributed by atoms with Gasteiger partial charge in [-0.25, -0.2) is 8.42 Å². The number of rotatable bonds is 3. The SMILES string of the molecule is COc1ccc(S(=O)(=O)N2CCOc3ccc(C)cc32)cc1C. The molecule has 6 heteroatoms. The summed E-state index contributed by atoms with van der Waals surface area (Å²) in [7, 11) is -2.07. The molecule has 3 rings (SSSR count). The van der Waals surface area contributed by atoms with Gasteiger partial charge in [0.05, 0.1) is 24.2 Å². The standard InChI is InChI=1S/C17H19NO4S/c1-12-4-6-17-15(10-12)18(8-9-22-17)23(19,20)14-5-7-16(21-3)13(2)11-14/h4-7,10-11H,8-9H2,1-3H3. The third kappa shape index (κ3) is 2.74. The molecule has 2 aromatic carbocycles. The van der Waals surface area contributed by atoms with Crippen LogP contribution in [0.15, 0.2) is 41.3 Å². The number of fused-ring (bicyclic) bond motifs is 1. The lowest BCUT2D eigenvalue weighted by molar-refractivity contribution is 0.315. The maximum atomic E-state index is 13.0. The van der Waals surface area contributed by atoms with Gasteiger partial charge in [0.25, 0.3) is 10.0 Å². The highest BCUT2D eigenvalue weighted by molar-refractivity contribution is 7.92. The molecule has 0 bridgehead atoms. The van der Waals surface area contributed by atoms with E-state index in [1.165, 1.54) is 4.31 Å². The Kier molecular flexibility index (Phi) is 3.93. The van der Waals surface area contributed by atoms with Crippen LogP contribution in [0.4, 0.5) is 5.69 Å². The van der Waals surface area contributed by atoms with Gasteiger partial charge in [0.1, 0.15) is 18.1 Å². The van der Waals surface area contributed by atoms with Gasteiger partial charge in [-0.2, -0.15) is 0 Å². The Balaban J connectivity index is 2.08. The Labute approximate surface area is 136 Å². The van der Waals surface area contributed by atoms with Crippen molar-refractivity contribution in [3.8, 4) is 11.5 Å². The van der Waals surface area contributed by atoms with Gasteiger partial charge in [0.2, 0.25) is 0 Å². The quantitative estimate of drug-likeness (QED) is 0.867. The first kappa shape index (κ1) is 15.7. The zero-order valence-electron chi connectivity index (χ0n) is 13.4. The zero-order valence-corrected chi connectivity index (χ0v) is 14.2. The first-order valence-corrected chi connectivity index (χ1v) is 8.78. The number of sulfonamides is 1. The minimum absolute atomic E-state index is 0.255. The van der Waals surface area contributed by atoms with E-state index in [0.29, 0.717) is 30.3 Å². The van der Waals surface area contributed by atoms with Crippen molar-refractivity contribution >= 4 is 15.7 Å². The van der Waals surface area contributed by atoms with Crippen molar-refractivity contribution in [1.29, 1.82) is 0 Å². The number of nitrogens with zero attached hydrogens (tertiary/aromatic N) is 1. The molecular formula is C17H19NO4S. The van der Waals surface area contributed by atoms with E-state index in [1.54, 1.807) is 25.3 Å². The fourth-order valence-corrected chi connectivity index (χ4v) is 4.23. The Morgan fingerprint density at radius 3 is 2.61 bits per heavy atom. The van der Waals surface area contributed by atoms with Crippen molar-refractivity contribution in [1.82, 2.24) is 0 Å². The van der Waals surface area contributed by atoms with Gasteiger partial charge in [-0.15, -0.1) is 0 Å². The summed E-state index contributed by atoms with van der Waals surface area (Å²) in [5.74, 6) is 1.26. The number of anilines is 1. The Hall–Kier alpha value is -2.21.